The van der Waals surface area contributed by atoms with Crippen LogP contribution in [0, 0.1) is 12.8 Å². The van der Waals surface area contributed by atoms with Crippen LogP contribution in [-0.2, 0) is 9.53 Å². The van der Waals surface area contributed by atoms with Crippen LogP contribution in [0.1, 0.15) is 48.0 Å². The number of piperidine rings is 1. The van der Waals surface area contributed by atoms with Crippen LogP contribution >= 0.6 is 0 Å². The van der Waals surface area contributed by atoms with E-state index >= 15 is 0 Å². The van der Waals surface area contributed by atoms with Gasteiger partial charge in [0.05, 0.1) is 25.3 Å². The lowest BCUT2D eigenvalue weighted by Crippen LogP contribution is -2.66. The van der Waals surface area contributed by atoms with Gasteiger partial charge in [-0.05, 0) is 44.2 Å². The van der Waals surface area contributed by atoms with Gasteiger partial charge < -0.3 is 14.5 Å². The molecule has 0 aliphatic carbocycles. The summed E-state index contributed by atoms with van der Waals surface area (Å²) in [5.74, 6) is 0.758. The first-order valence-electron chi connectivity index (χ1n) is 9.67. The third-order valence-electron chi connectivity index (χ3n) is 5.90. The van der Waals surface area contributed by atoms with Crippen molar-refractivity contribution in [3.8, 4) is 0 Å². The molecular formula is C20H27N3O3. The highest BCUT2D eigenvalue weighted by molar-refractivity contribution is 5.94. The molecule has 0 radical (unpaired) electrons. The minimum Gasteiger partial charge on any atom is -0.371 e. The lowest BCUT2D eigenvalue weighted by Gasteiger charge is -2.53. The van der Waals surface area contributed by atoms with Crippen LogP contribution < -0.4 is 0 Å². The Morgan fingerprint density at radius 1 is 1.35 bits per heavy atom. The summed E-state index contributed by atoms with van der Waals surface area (Å²) in [6.07, 6.45) is 8.27. The van der Waals surface area contributed by atoms with E-state index in [1.165, 1.54) is 0 Å². The third-order valence-corrected chi connectivity index (χ3v) is 5.90. The fourth-order valence-corrected chi connectivity index (χ4v) is 4.32. The molecule has 1 atom stereocenters. The summed E-state index contributed by atoms with van der Waals surface area (Å²) in [4.78, 5) is 32.5. The molecule has 1 aromatic heterocycles. The number of carbonyl (C=O) groups excluding carboxylic acids is 2. The molecule has 6 nitrogen and oxygen atoms in total. The number of aryl methyl sites for hydroxylation is 1. The number of likely N-dealkylation sites (tertiary alicyclic amines) is 2. The molecule has 0 bridgehead atoms. The quantitative estimate of drug-likeness (QED) is 0.830. The van der Waals surface area contributed by atoms with E-state index in [9.17, 15) is 9.59 Å². The number of pyridine rings is 1. The molecule has 3 fully saturated rings. The molecule has 0 saturated carbocycles. The zero-order valence-corrected chi connectivity index (χ0v) is 15.4. The van der Waals surface area contributed by atoms with E-state index in [1.54, 1.807) is 12.4 Å². The highest BCUT2D eigenvalue weighted by Crippen LogP contribution is 2.37. The largest absolute Gasteiger partial charge is 0.371 e. The van der Waals surface area contributed by atoms with E-state index in [0.717, 1.165) is 44.3 Å². The zero-order chi connectivity index (χ0) is 18.1. The van der Waals surface area contributed by atoms with E-state index in [-0.39, 0.29) is 11.5 Å². The number of hydrogen-bond acceptors (Lipinski definition) is 4. The maximum atomic E-state index is 12.6. The Kier molecular flexibility index (Phi) is 4.69. The van der Waals surface area contributed by atoms with Gasteiger partial charge in [0.2, 0.25) is 5.91 Å². The van der Waals surface area contributed by atoms with E-state index in [4.69, 9.17) is 4.74 Å². The summed E-state index contributed by atoms with van der Waals surface area (Å²) in [5.41, 5.74) is 1.47. The Bertz CT molecular complexity index is 689. The molecule has 1 spiro atoms. The molecule has 3 saturated heterocycles. The van der Waals surface area contributed by atoms with Crippen molar-refractivity contribution in [3.05, 3.63) is 29.6 Å². The Balaban J connectivity index is 1.27. The number of nitrogens with zero attached hydrogens (tertiary/aromatic N) is 3. The Hall–Kier alpha value is -1.95. The first kappa shape index (κ1) is 17.5. The molecule has 4 rings (SSSR count). The van der Waals surface area contributed by atoms with Crippen LogP contribution in [-0.4, -0.2) is 65.0 Å². The van der Waals surface area contributed by atoms with Gasteiger partial charge in [-0.25, -0.2) is 0 Å². The predicted octanol–water partition coefficient (Wildman–Crippen LogP) is 2.02. The molecular weight excluding hydrogens is 330 g/mol. The number of ether oxygens (including phenoxy) is 1. The van der Waals surface area contributed by atoms with Gasteiger partial charge in [0.1, 0.15) is 5.60 Å². The van der Waals surface area contributed by atoms with E-state index < -0.39 is 0 Å². The smallest absolute Gasteiger partial charge is 0.255 e. The van der Waals surface area contributed by atoms with E-state index in [1.807, 2.05) is 22.8 Å². The fourth-order valence-electron chi connectivity index (χ4n) is 4.32. The lowest BCUT2D eigenvalue weighted by atomic mass is 9.82. The molecule has 0 unspecified atom stereocenters. The van der Waals surface area contributed by atoms with Crippen molar-refractivity contribution >= 4 is 11.8 Å². The van der Waals surface area contributed by atoms with Crippen molar-refractivity contribution in [1.82, 2.24) is 14.8 Å². The molecule has 6 heteroatoms. The third kappa shape index (κ3) is 3.47. The van der Waals surface area contributed by atoms with Crippen molar-refractivity contribution in [3.63, 3.8) is 0 Å². The summed E-state index contributed by atoms with van der Waals surface area (Å²) < 4.78 is 6.18. The van der Waals surface area contributed by atoms with Crippen molar-refractivity contribution in [2.45, 2.75) is 44.6 Å². The summed E-state index contributed by atoms with van der Waals surface area (Å²) in [6, 6.07) is 1.88. The van der Waals surface area contributed by atoms with Crippen LogP contribution in [0.3, 0.4) is 0 Å². The zero-order valence-electron chi connectivity index (χ0n) is 15.4. The monoisotopic (exact) mass is 357 g/mol. The molecule has 3 aliphatic rings. The van der Waals surface area contributed by atoms with Gasteiger partial charge in [0.25, 0.3) is 5.91 Å². The second kappa shape index (κ2) is 6.99. The predicted molar refractivity (Wildman–Crippen MR) is 96.7 cm³/mol. The van der Waals surface area contributed by atoms with Gasteiger partial charge >= 0.3 is 0 Å². The van der Waals surface area contributed by atoms with Gasteiger partial charge in [-0.2, -0.15) is 0 Å². The minimum atomic E-state index is -0.171. The average molecular weight is 357 g/mol. The number of amides is 2. The van der Waals surface area contributed by atoms with Gasteiger partial charge in [-0.15, -0.1) is 0 Å². The number of hydrogen-bond donors (Lipinski definition) is 0. The Labute approximate surface area is 154 Å². The van der Waals surface area contributed by atoms with Crippen LogP contribution in [0.25, 0.3) is 0 Å². The number of rotatable bonds is 3. The molecule has 26 heavy (non-hydrogen) atoms. The Morgan fingerprint density at radius 2 is 2.19 bits per heavy atom. The van der Waals surface area contributed by atoms with Crippen molar-refractivity contribution < 1.29 is 14.3 Å². The maximum absolute atomic E-state index is 12.6. The molecule has 3 aliphatic heterocycles. The first-order valence-corrected chi connectivity index (χ1v) is 9.67. The maximum Gasteiger partial charge on any atom is 0.255 e. The summed E-state index contributed by atoms with van der Waals surface area (Å²) in [7, 11) is 0. The van der Waals surface area contributed by atoms with Gasteiger partial charge in [0, 0.05) is 37.8 Å². The second-order valence-corrected chi connectivity index (χ2v) is 8.11. The van der Waals surface area contributed by atoms with E-state index in [0.29, 0.717) is 43.5 Å². The summed E-state index contributed by atoms with van der Waals surface area (Å²) in [6.45, 7) is 5.68. The standard InChI is InChI=1S/C20H27N3O3/c1-15-8-17(10-21-9-15)19(25)23-13-20(14-23)6-5-16(12-26-20)11-22-7-3-2-4-18(22)24/h8-10,16H,2-7,11-14H2,1H3/t16-/m1/s1. The topological polar surface area (TPSA) is 62.7 Å². The van der Waals surface area contributed by atoms with Crippen molar-refractivity contribution in [2.75, 3.05) is 32.8 Å². The van der Waals surface area contributed by atoms with Crippen molar-refractivity contribution in [2.24, 2.45) is 5.92 Å². The molecule has 0 aromatic carbocycles. The SMILES string of the molecule is Cc1cncc(C(=O)N2CC3(CC[C@H](CN4CCCCC4=O)CO3)C2)c1. The average Bonchev–Trinajstić information content (AvgIpc) is 2.62. The molecule has 4 heterocycles. The summed E-state index contributed by atoms with van der Waals surface area (Å²) >= 11 is 0. The van der Waals surface area contributed by atoms with E-state index in [2.05, 4.69) is 4.98 Å². The van der Waals surface area contributed by atoms with Gasteiger partial charge in [0.15, 0.2) is 0 Å². The fraction of sp³-hybridized carbons (Fsp3) is 0.650. The normalized spacial score (nSPS) is 25.3. The minimum absolute atomic E-state index is 0.0384. The molecule has 0 N–H and O–H groups in total. The molecule has 1 aromatic rings. The number of aromatic nitrogens is 1. The van der Waals surface area contributed by atoms with Crippen LogP contribution in [0.2, 0.25) is 0 Å². The second-order valence-electron chi connectivity index (χ2n) is 8.11. The number of carbonyl (C=O) groups is 2. The lowest BCUT2D eigenvalue weighted by molar-refractivity contribution is -0.170. The Morgan fingerprint density at radius 3 is 2.88 bits per heavy atom. The van der Waals surface area contributed by atoms with Crippen LogP contribution in [0.4, 0.5) is 0 Å². The van der Waals surface area contributed by atoms with Gasteiger partial charge in [-0.3, -0.25) is 14.6 Å². The highest BCUT2D eigenvalue weighted by atomic mass is 16.5. The highest BCUT2D eigenvalue weighted by Gasteiger charge is 2.48. The van der Waals surface area contributed by atoms with Crippen LogP contribution in [0.5, 0.6) is 0 Å². The van der Waals surface area contributed by atoms with Crippen molar-refractivity contribution in [1.29, 1.82) is 0 Å². The molecule has 2 amide bonds. The molecule has 140 valence electrons. The summed E-state index contributed by atoms with van der Waals surface area (Å²) in [5, 5.41) is 0. The van der Waals surface area contributed by atoms with Gasteiger partial charge in [-0.1, -0.05) is 0 Å². The van der Waals surface area contributed by atoms with Crippen LogP contribution in [0.15, 0.2) is 18.5 Å². The first-order chi connectivity index (χ1) is 12.5.